The second kappa shape index (κ2) is 5.92. The van der Waals surface area contributed by atoms with Crippen LogP contribution >= 0.6 is 34.2 Å². The molecule has 0 saturated carbocycles. The molecule has 0 saturated heterocycles. The van der Waals surface area contributed by atoms with Crippen LogP contribution in [0.15, 0.2) is 24.5 Å². The van der Waals surface area contributed by atoms with Gasteiger partial charge in [0.2, 0.25) is 0 Å². The normalized spacial score (nSPS) is 11.4. The van der Waals surface area contributed by atoms with E-state index in [4.69, 9.17) is 11.6 Å². The Balaban J connectivity index is 2.12. The van der Waals surface area contributed by atoms with Gasteiger partial charge in [0, 0.05) is 37.2 Å². The standard InChI is InChI=1S/C14H13ClFIN4/c1-20-7-9(6-18-20)8-21-13-4-10(16)11(17)5-12(13)19-14(21)2-3-15/h4-7H,2-3,8H2,1H3. The Labute approximate surface area is 140 Å². The summed E-state index contributed by atoms with van der Waals surface area (Å²) in [7, 11) is 1.87. The molecule has 3 rings (SSSR count). The molecule has 0 atom stereocenters. The molecule has 0 spiro atoms. The van der Waals surface area contributed by atoms with Crippen LogP contribution in [0.25, 0.3) is 11.0 Å². The lowest BCUT2D eigenvalue weighted by Gasteiger charge is -2.07. The second-order valence-corrected chi connectivity index (χ2v) is 6.37. The van der Waals surface area contributed by atoms with Gasteiger partial charge in [-0.15, -0.1) is 11.6 Å². The summed E-state index contributed by atoms with van der Waals surface area (Å²) in [5.41, 5.74) is 2.63. The highest BCUT2D eigenvalue weighted by Gasteiger charge is 2.14. The molecule has 0 bridgehead atoms. The summed E-state index contributed by atoms with van der Waals surface area (Å²) >= 11 is 7.84. The number of imidazole rings is 1. The van der Waals surface area contributed by atoms with Gasteiger partial charge in [0.05, 0.1) is 27.3 Å². The molecular formula is C14H13ClFIN4. The fourth-order valence-corrected chi connectivity index (χ4v) is 2.98. The van der Waals surface area contributed by atoms with Crippen LogP contribution in [0.2, 0.25) is 0 Å². The first-order valence-corrected chi connectivity index (χ1v) is 8.07. The Morgan fingerprint density at radius 3 is 2.86 bits per heavy atom. The van der Waals surface area contributed by atoms with Gasteiger partial charge >= 0.3 is 0 Å². The summed E-state index contributed by atoms with van der Waals surface area (Å²) in [6.45, 7) is 0.608. The first kappa shape index (κ1) is 14.8. The van der Waals surface area contributed by atoms with Crippen LogP contribution in [0, 0.1) is 9.39 Å². The number of nitrogens with zero attached hydrogens (tertiary/aromatic N) is 4. The lowest BCUT2D eigenvalue weighted by atomic mass is 10.3. The Kier molecular flexibility index (Phi) is 4.17. The fraction of sp³-hybridized carbons (Fsp3) is 0.286. The van der Waals surface area contributed by atoms with Crippen molar-refractivity contribution in [3.63, 3.8) is 0 Å². The molecule has 0 aliphatic rings. The number of aryl methyl sites for hydroxylation is 2. The summed E-state index contributed by atoms with van der Waals surface area (Å²) in [6, 6.07) is 3.31. The third-order valence-electron chi connectivity index (χ3n) is 3.29. The van der Waals surface area contributed by atoms with E-state index in [0.717, 1.165) is 22.4 Å². The second-order valence-electron chi connectivity index (χ2n) is 4.83. The Morgan fingerprint density at radius 2 is 2.19 bits per heavy atom. The largest absolute Gasteiger partial charge is 0.323 e. The van der Waals surface area contributed by atoms with Crippen molar-refractivity contribution in [2.24, 2.45) is 7.05 Å². The highest BCUT2D eigenvalue weighted by Crippen LogP contribution is 2.23. The maximum absolute atomic E-state index is 13.9. The molecule has 0 aliphatic heterocycles. The van der Waals surface area contributed by atoms with Crippen LogP contribution in [0.1, 0.15) is 11.4 Å². The van der Waals surface area contributed by atoms with Gasteiger partial charge < -0.3 is 4.57 Å². The zero-order chi connectivity index (χ0) is 15.0. The minimum Gasteiger partial charge on any atom is -0.323 e. The molecule has 110 valence electrons. The van der Waals surface area contributed by atoms with E-state index in [2.05, 4.69) is 10.1 Å². The summed E-state index contributed by atoms with van der Waals surface area (Å²) in [5.74, 6) is 1.12. The van der Waals surface area contributed by atoms with Gasteiger partial charge in [-0.25, -0.2) is 9.37 Å². The number of alkyl halides is 1. The molecule has 3 aromatic rings. The maximum atomic E-state index is 13.9. The van der Waals surface area contributed by atoms with Gasteiger partial charge in [0.15, 0.2) is 0 Å². The van der Waals surface area contributed by atoms with Crippen LogP contribution in [0.5, 0.6) is 0 Å². The van der Waals surface area contributed by atoms with Crippen LogP contribution in [0.4, 0.5) is 4.39 Å². The van der Waals surface area contributed by atoms with Crippen molar-refractivity contribution in [3.05, 3.63) is 45.3 Å². The van der Waals surface area contributed by atoms with Crippen molar-refractivity contribution in [2.45, 2.75) is 13.0 Å². The van der Waals surface area contributed by atoms with Gasteiger partial charge in [0.1, 0.15) is 11.6 Å². The fourth-order valence-electron chi connectivity index (χ4n) is 2.36. The van der Waals surface area contributed by atoms with Crippen molar-refractivity contribution >= 4 is 45.2 Å². The van der Waals surface area contributed by atoms with E-state index in [1.807, 2.05) is 40.4 Å². The minimum absolute atomic E-state index is 0.229. The van der Waals surface area contributed by atoms with E-state index in [1.54, 1.807) is 16.9 Å². The molecule has 0 fully saturated rings. The molecule has 21 heavy (non-hydrogen) atoms. The number of benzene rings is 1. The van der Waals surface area contributed by atoms with Gasteiger partial charge in [0.25, 0.3) is 0 Å². The zero-order valence-corrected chi connectivity index (χ0v) is 14.3. The highest BCUT2D eigenvalue weighted by atomic mass is 127. The average molecular weight is 419 g/mol. The Morgan fingerprint density at radius 1 is 1.38 bits per heavy atom. The van der Waals surface area contributed by atoms with E-state index in [1.165, 1.54) is 6.07 Å². The molecule has 2 heterocycles. The van der Waals surface area contributed by atoms with Gasteiger partial charge in [-0.1, -0.05) is 0 Å². The number of halogens is 3. The van der Waals surface area contributed by atoms with E-state index in [9.17, 15) is 4.39 Å². The monoisotopic (exact) mass is 418 g/mol. The van der Waals surface area contributed by atoms with Crippen molar-refractivity contribution < 1.29 is 4.39 Å². The molecule has 2 aromatic heterocycles. The van der Waals surface area contributed by atoms with Crippen molar-refractivity contribution in [1.82, 2.24) is 19.3 Å². The van der Waals surface area contributed by atoms with Gasteiger partial charge in [-0.05, 0) is 28.7 Å². The lowest BCUT2D eigenvalue weighted by molar-refractivity contribution is 0.621. The van der Waals surface area contributed by atoms with Crippen molar-refractivity contribution in [1.29, 1.82) is 0 Å². The number of aromatic nitrogens is 4. The summed E-state index contributed by atoms with van der Waals surface area (Å²) in [4.78, 5) is 4.59. The molecule has 0 aliphatic carbocycles. The summed E-state index contributed by atoms with van der Waals surface area (Å²) in [6.07, 6.45) is 4.40. The summed E-state index contributed by atoms with van der Waals surface area (Å²) < 4.78 is 18.2. The predicted molar refractivity (Wildman–Crippen MR) is 89.1 cm³/mol. The molecule has 0 radical (unpaired) electrons. The topological polar surface area (TPSA) is 35.6 Å². The SMILES string of the molecule is Cn1cc(Cn2c(CCCl)nc3cc(I)c(F)cc32)cn1. The third-order valence-corrected chi connectivity index (χ3v) is 4.30. The molecule has 4 nitrogen and oxygen atoms in total. The number of fused-ring (bicyclic) bond motifs is 1. The maximum Gasteiger partial charge on any atom is 0.138 e. The van der Waals surface area contributed by atoms with Gasteiger partial charge in [-0.2, -0.15) is 5.10 Å². The van der Waals surface area contributed by atoms with Crippen molar-refractivity contribution in [2.75, 3.05) is 5.88 Å². The first-order valence-electron chi connectivity index (χ1n) is 6.46. The van der Waals surface area contributed by atoms with E-state index in [-0.39, 0.29) is 5.82 Å². The molecule has 1 aromatic carbocycles. The number of hydrogen-bond donors (Lipinski definition) is 0. The Bertz CT molecular complexity index is 796. The van der Waals surface area contributed by atoms with E-state index < -0.39 is 0 Å². The molecule has 7 heteroatoms. The van der Waals surface area contributed by atoms with E-state index in [0.29, 0.717) is 22.4 Å². The minimum atomic E-state index is -0.229. The lowest BCUT2D eigenvalue weighted by Crippen LogP contribution is -2.05. The van der Waals surface area contributed by atoms with Crippen LogP contribution in [0.3, 0.4) is 0 Å². The number of rotatable bonds is 4. The predicted octanol–water partition coefficient (Wildman–Crippen LogP) is 3.34. The third kappa shape index (κ3) is 2.91. The van der Waals surface area contributed by atoms with Crippen LogP contribution < -0.4 is 0 Å². The molecule has 0 N–H and O–H groups in total. The molecule has 0 amide bonds. The quantitative estimate of drug-likeness (QED) is 0.481. The average Bonchev–Trinajstić information content (AvgIpc) is 2.97. The highest BCUT2D eigenvalue weighted by molar-refractivity contribution is 14.1. The molecular weight excluding hydrogens is 406 g/mol. The van der Waals surface area contributed by atoms with Crippen molar-refractivity contribution in [3.8, 4) is 0 Å². The molecule has 0 unspecified atom stereocenters. The smallest absolute Gasteiger partial charge is 0.138 e. The van der Waals surface area contributed by atoms with E-state index >= 15 is 0 Å². The first-order chi connectivity index (χ1) is 10.1. The van der Waals surface area contributed by atoms with Crippen LogP contribution in [-0.4, -0.2) is 25.2 Å². The van der Waals surface area contributed by atoms with Gasteiger partial charge in [-0.3, -0.25) is 4.68 Å². The summed E-state index contributed by atoms with van der Waals surface area (Å²) in [5, 5.41) is 4.17. The Hall–Kier alpha value is -1.15. The number of hydrogen-bond acceptors (Lipinski definition) is 2. The van der Waals surface area contributed by atoms with Crippen LogP contribution in [-0.2, 0) is 20.0 Å². The zero-order valence-electron chi connectivity index (χ0n) is 11.4.